The number of carbonyl (C=O) groups is 1. The van der Waals surface area contributed by atoms with Crippen LogP contribution in [0.1, 0.15) is 85.5 Å². The van der Waals surface area contributed by atoms with Gasteiger partial charge in [0.25, 0.3) is 0 Å². The SMILES string of the molecule is C[C@@H]1CC[C@@]2(OC1)O[C@H]1CC(C3CC[C@H]4C[C@@H](O)CC[C@]4(C)C3=O)[C@](C)(CCO)[C@H]1[C@@H]2C. The van der Waals surface area contributed by atoms with Crippen molar-refractivity contribution >= 4 is 5.78 Å². The monoisotopic (exact) mass is 448 g/mol. The third-order valence-corrected chi connectivity index (χ3v) is 11.0. The van der Waals surface area contributed by atoms with Gasteiger partial charge in [-0.05, 0) is 80.5 Å². The summed E-state index contributed by atoms with van der Waals surface area (Å²) >= 11 is 0. The van der Waals surface area contributed by atoms with E-state index in [0.717, 1.165) is 64.4 Å². The molecule has 5 fully saturated rings. The van der Waals surface area contributed by atoms with E-state index in [1.807, 2.05) is 0 Å². The van der Waals surface area contributed by atoms with Crippen molar-refractivity contribution in [2.24, 2.45) is 46.3 Å². The normalized spacial score (nSPS) is 55.8. The Kier molecular flexibility index (Phi) is 5.84. The number of rotatable bonds is 3. The van der Waals surface area contributed by atoms with Crippen LogP contribution in [0.25, 0.3) is 0 Å². The molecule has 0 bridgehead atoms. The van der Waals surface area contributed by atoms with Crippen molar-refractivity contribution in [3.8, 4) is 0 Å². The standard InChI is InChI=1S/C27H44O5/c1-16-7-10-27(31-15-16)17(2)23-22(32-27)14-21(26(23,4)11-12-28)20-6-5-18-13-19(29)8-9-25(18,3)24(20)30/h16-23,28-29H,5-15H2,1-4H3/t16-,17+,18+,19+,20?,21?,22+,23+,25+,26+,27-/m1/s1. The van der Waals surface area contributed by atoms with Crippen LogP contribution < -0.4 is 0 Å². The van der Waals surface area contributed by atoms with E-state index in [1.54, 1.807) is 0 Å². The number of carbonyl (C=O) groups excluding carboxylic acids is 1. The quantitative estimate of drug-likeness (QED) is 0.672. The van der Waals surface area contributed by atoms with Crippen LogP contribution in [-0.4, -0.2) is 47.2 Å². The number of hydrogen-bond donors (Lipinski definition) is 2. The molecular formula is C27H44O5. The lowest BCUT2D eigenvalue weighted by Gasteiger charge is -2.51. The van der Waals surface area contributed by atoms with Gasteiger partial charge >= 0.3 is 0 Å². The van der Waals surface area contributed by atoms with Crippen molar-refractivity contribution in [1.29, 1.82) is 0 Å². The van der Waals surface area contributed by atoms with Gasteiger partial charge in [0, 0.05) is 30.3 Å². The first-order valence-corrected chi connectivity index (χ1v) is 13.3. The van der Waals surface area contributed by atoms with E-state index in [0.29, 0.717) is 23.5 Å². The Morgan fingerprint density at radius 3 is 2.53 bits per heavy atom. The minimum atomic E-state index is -0.476. The van der Waals surface area contributed by atoms with Gasteiger partial charge in [0.05, 0.1) is 18.8 Å². The highest BCUT2D eigenvalue weighted by Crippen LogP contribution is 2.66. The molecule has 2 heterocycles. The molecule has 2 N–H and O–H groups in total. The van der Waals surface area contributed by atoms with Crippen molar-refractivity contribution < 1.29 is 24.5 Å². The molecule has 2 saturated heterocycles. The number of aliphatic hydroxyl groups excluding tert-OH is 2. The molecule has 1 spiro atoms. The van der Waals surface area contributed by atoms with E-state index in [4.69, 9.17) is 9.47 Å². The van der Waals surface area contributed by atoms with Crippen molar-refractivity contribution in [2.75, 3.05) is 13.2 Å². The van der Waals surface area contributed by atoms with E-state index < -0.39 is 5.79 Å². The highest BCUT2D eigenvalue weighted by molar-refractivity contribution is 5.88. The zero-order chi connectivity index (χ0) is 22.9. The maximum absolute atomic E-state index is 14.0. The lowest BCUT2D eigenvalue weighted by atomic mass is 9.52. The maximum atomic E-state index is 14.0. The van der Waals surface area contributed by atoms with Crippen LogP contribution in [0, 0.1) is 46.3 Å². The fraction of sp³-hybridized carbons (Fsp3) is 0.963. The van der Waals surface area contributed by atoms with Gasteiger partial charge in [-0.15, -0.1) is 0 Å². The lowest BCUT2D eigenvalue weighted by Crippen LogP contribution is -2.52. The summed E-state index contributed by atoms with van der Waals surface area (Å²) in [6.07, 6.45) is 7.88. The molecule has 0 aromatic heterocycles. The highest BCUT2D eigenvalue weighted by Gasteiger charge is 2.67. The Bertz CT molecular complexity index is 730. The van der Waals surface area contributed by atoms with Gasteiger partial charge in [0.2, 0.25) is 0 Å². The van der Waals surface area contributed by atoms with Gasteiger partial charge in [-0.3, -0.25) is 4.79 Å². The molecule has 0 aromatic rings. The fourth-order valence-electron chi connectivity index (χ4n) is 9.00. The number of ether oxygens (including phenoxy) is 2. The summed E-state index contributed by atoms with van der Waals surface area (Å²) in [6.45, 7) is 9.95. The summed E-state index contributed by atoms with van der Waals surface area (Å²) in [5, 5.41) is 20.3. The Balaban J connectivity index is 1.41. The third kappa shape index (κ3) is 3.28. The van der Waals surface area contributed by atoms with E-state index in [2.05, 4.69) is 27.7 Å². The summed E-state index contributed by atoms with van der Waals surface area (Å²) in [7, 11) is 0. The lowest BCUT2D eigenvalue weighted by molar-refractivity contribution is -0.272. The molecule has 2 unspecified atom stereocenters. The van der Waals surface area contributed by atoms with Crippen molar-refractivity contribution in [2.45, 2.75) is 103 Å². The van der Waals surface area contributed by atoms with Crippen LogP contribution in [0.3, 0.4) is 0 Å². The van der Waals surface area contributed by atoms with Crippen molar-refractivity contribution in [1.82, 2.24) is 0 Å². The predicted octanol–water partition coefficient (Wildman–Crippen LogP) is 4.34. The minimum absolute atomic E-state index is 0.0488. The molecule has 182 valence electrons. The molecule has 5 aliphatic rings. The molecule has 0 amide bonds. The molecule has 5 nitrogen and oxygen atoms in total. The Morgan fingerprint density at radius 1 is 1.06 bits per heavy atom. The number of fused-ring (bicyclic) bond motifs is 2. The van der Waals surface area contributed by atoms with Crippen LogP contribution >= 0.6 is 0 Å². The Hall–Kier alpha value is -0.490. The van der Waals surface area contributed by atoms with Crippen LogP contribution in [0.4, 0.5) is 0 Å². The molecule has 0 radical (unpaired) electrons. The minimum Gasteiger partial charge on any atom is -0.396 e. The van der Waals surface area contributed by atoms with Gasteiger partial charge in [0.1, 0.15) is 5.78 Å². The van der Waals surface area contributed by atoms with E-state index in [-0.39, 0.29) is 47.4 Å². The number of hydrogen-bond acceptors (Lipinski definition) is 5. The summed E-state index contributed by atoms with van der Waals surface area (Å²) in [6, 6.07) is 0. The van der Waals surface area contributed by atoms with Gasteiger partial charge in [0.15, 0.2) is 5.79 Å². The van der Waals surface area contributed by atoms with E-state index in [9.17, 15) is 15.0 Å². The Morgan fingerprint density at radius 2 is 1.84 bits per heavy atom. The number of Topliss-reactive ketones (excluding diaryl/α,β-unsaturated/α-hetero) is 1. The second-order valence-electron chi connectivity index (χ2n) is 12.6. The highest BCUT2D eigenvalue weighted by atomic mass is 16.7. The first kappa shape index (κ1) is 23.3. The molecule has 3 aliphatic carbocycles. The fourth-order valence-corrected chi connectivity index (χ4v) is 9.00. The van der Waals surface area contributed by atoms with Gasteiger partial charge in [-0.2, -0.15) is 0 Å². The second kappa shape index (κ2) is 8.03. The molecule has 11 atom stereocenters. The zero-order valence-electron chi connectivity index (χ0n) is 20.5. The molecule has 2 aliphatic heterocycles. The summed E-state index contributed by atoms with van der Waals surface area (Å²) in [5.74, 6) is 1.74. The molecule has 5 heteroatoms. The number of aliphatic hydroxyl groups is 2. The molecule has 32 heavy (non-hydrogen) atoms. The van der Waals surface area contributed by atoms with Crippen LogP contribution in [-0.2, 0) is 14.3 Å². The first-order valence-electron chi connectivity index (χ1n) is 13.3. The topological polar surface area (TPSA) is 76.0 Å². The van der Waals surface area contributed by atoms with Gasteiger partial charge in [-0.1, -0.05) is 27.7 Å². The van der Waals surface area contributed by atoms with Crippen LogP contribution in [0.2, 0.25) is 0 Å². The first-order chi connectivity index (χ1) is 15.1. The smallest absolute Gasteiger partial charge is 0.171 e. The third-order valence-electron chi connectivity index (χ3n) is 11.0. The predicted molar refractivity (Wildman–Crippen MR) is 122 cm³/mol. The summed E-state index contributed by atoms with van der Waals surface area (Å²) < 4.78 is 13.2. The average Bonchev–Trinajstić information content (AvgIpc) is 3.18. The molecule has 3 saturated carbocycles. The van der Waals surface area contributed by atoms with Gasteiger partial charge in [-0.25, -0.2) is 0 Å². The Labute approximate surface area is 193 Å². The van der Waals surface area contributed by atoms with Crippen molar-refractivity contribution in [3.63, 3.8) is 0 Å². The molecular weight excluding hydrogens is 404 g/mol. The van der Waals surface area contributed by atoms with E-state index in [1.165, 1.54) is 0 Å². The summed E-state index contributed by atoms with van der Waals surface area (Å²) in [4.78, 5) is 14.0. The van der Waals surface area contributed by atoms with Gasteiger partial charge < -0.3 is 19.7 Å². The largest absolute Gasteiger partial charge is 0.396 e. The zero-order valence-corrected chi connectivity index (χ0v) is 20.5. The van der Waals surface area contributed by atoms with Crippen LogP contribution in [0.5, 0.6) is 0 Å². The van der Waals surface area contributed by atoms with Crippen molar-refractivity contribution in [3.05, 3.63) is 0 Å². The summed E-state index contributed by atoms with van der Waals surface area (Å²) in [5.41, 5.74) is -0.414. The molecule has 5 rings (SSSR count). The number of ketones is 1. The van der Waals surface area contributed by atoms with E-state index >= 15 is 0 Å². The second-order valence-corrected chi connectivity index (χ2v) is 12.6. The van der Waals surface area contributed by atoms with Crippen LogP contribution in [0.15, 0.2) is 0 Å². The average molecular weight is 449 g/mol. The maximum Gasteiger partial charge on any atom is 0.171 e. The molecule has 0 aromatic carbocycles.